The van der Waals surface area contributed by atoms with Gasteiger partial charge in [0.1, 0.15) is 11.6 Å². The van der Waals surface area contributed by atoms with Gasteiger partial charge in [-0.05, 0) is 19.1 Å². The molecule has 0 heterocycles. The molecule has 0 aliphatic rings. The van der Waals surface area contributed by atoms with Crippen LogP contribution in [0.1, 0.15) is 12.5 Å². The molecule has 0 aliphatic heterocycles. The van der Waals surface area contributed by atoms with E-state index in [0.29, 0.717) is 5.56 Å². The molecule has 0 atom stereocenters. The van der Waals surface area contributed by atoms with E-state index in [4.69, 9.17) is 0 Å². The van der Waals surface area contributed by atoms with Gasteiger partial charge in [0.15, 0.2) is 0 Å². The lowest BCUT2D eigenvalue weighted by Gasteiger charge is -2.17. The number of carbonyl (C=O) groups excluding carboxylic acids is 1. The molecule has 76 valence electrons. The zero-order valence-corrected chi connectivity index (χ0v) is 8.67. The first kappa shape index (κ1) is 10.7. The van der Waals surface area contributed by atoms with Gasteiger partial charge in [0.2, 0.25) is 0 Å². The summed E-state index contributed by atoms with van der Waals surface area (Å²) in [7, 11) is 3.66. The van der Waals surface area contributed by atoms with Crippen molar-refractivity contribution in [1.82, 2.24) is 0 Å². The van der Waals surface area contributed by atoms with E-state index in [1.54, 1.807) is 17.0 Å². The van der Waals surface area contributed by atoms with E-state index in [1.165, 1.54) is 13.0 Å². The molecule has 0 aliphatic carbocycles. The maximum atomic E-state index is 13.4. The second-order valence-corrected chi connectivity index (χ2v) is 3.51. The number of Topliss-reactive ketones (excluding diaryl/α,β-unsaturated/α-hetero) is 1. The third kappa shape index (κ3) is 2.31. The van der Waals surface area contributed by atoms with Crippen LogP contribution in [0.25, 0.3) is 0 Å². The Kier molecular flexibility index (Phi) is 3.23. The van der Waals surface area contributed by atoms with Crippen molar-refractivity contribution in [2.75, 3.05) is 19.0 Å². The van der Waals surface area contributed by atoms with Crippen LogP contribution in [-0.2, 0) is 11.2 Å². The minimum atomic E-state index is -0.314. The van der Waals surface area contributed by atoms with Gasteiger partial charge in [0, 0.05) is 31.8 Å². The van der Waals surface area contributed by atoms with E-state index in [9.17, 15) is 9.18 Å². The summed E-state index contributed by atoms with van der Waals surface area (Å²) < 4.78 is 13.4. The van der Waals surface area contributed by atoms with Crippen LogP contribution in [0.2, 0.25) is 0 Å². The number of halogens is 1. The molecule has 1 aromatic carbocycles. The maximum absolute atomic E-state index is 13.4. The summed E-state index contributed by atoms with van der Waals surface area (Å²) in [5.41, 5.74) is 1.24. The molecule has 0 radical (unpaired) electrons. The van der Waals surface area contributed by atoms with Crippen molar-refractivity contribution in [2.45, 2.75) is 13.3 Å². The summed E-state index contributed by atoms with van der Waals surface area (Å²) in [6, 6.07) is 4.83. The van der Waals surface area contributed by atoms with Gasteiger partial charge in [-0.1, -0.05) is 6.07 Å². The minimum absolute atomic E-state index is 0.0294. The fraction of sp³-hybridized carbons (Fsp3) is 0.364. The Morgan fingerprint density at radius 2 is 2.07 bits per heavy atom. The number of hydrogen-bond acceptors (Lipinski definition) is 2. The highest BCUT2D eigenvalue weighted by molar-refractivity contribution is 5.80. The van der Waals surface area contributed by atoms with Gasteiger partial charge in [0.05, 0.1) is 0 Å². The third-order valence-corrected chi connectivity index (χ3v) is 2.00. The summed E-state index contributed by atoms with van der Waals surface area (Å²) in [5.74, 6) is -0.343. The molecule has 3 heteroatoms. The number of benzene rings is 1. The lowest BCUT2D eigenvalue weighted by atomic mass is 10.1. The predicted octanol–water partition coefficient (Wildman–Crippen LogP) is 2.02. The first-order valence-electron chi connectivity index (χ1n) is 4.46. The number of anilines is 1. The van der Waals surface area contributed by atoms with Crippen LogP contribution in [0.5, 0.6) is 0 Å². The quantitative estimate of drug-likeness (QED) is 0.735. The van der Waals surface area contributed by atoms with Gasteiger partial charge >= 0.3 is 0 Å². The highest BCUT2D eigenvalue weighted by Crippen LogP contribution is 2.21. The molecule has 0 amide bonds. The smallest absolute Gasteiger partial charge is 0.134 e. The highest BCUT2D eigenvalue weighted by atomic mass is 19.1. The summed E-state index contributed by atoms with van der Waals surface area (Å²) >= 11 is 0. The normalized spacial score (nSPS) is 10.0. The van der Waals surface area contributed by atoms with E-state index in [0.717, 1.165) is 5.69 Å². The van der Waals surface area contributed by atoms with Gasteiger partial charge in [-0.25, -0.2) is 4.39 Å². The molecule has 0 aromatic heterocycles. The zero-order valence-electron chi connectivity index (χ0n) is 8.67. The average Bonchev–Trinajstić information content (AvgIpc) is 2.07. The molecule has 0 unspecified atom stereocenters. The van der Waals surface area contributed by atoms with E-state index in [2.05, 4.69) is 0 Å². The molecular weight excluding hydrogens is 181 g/mol. The monoisotopic (exact) mass is 195 g/mol. The molecule has 0 saturated carbocycles. The third-order valence-electron chi connectivity index (χ3n) is 2.00. The fourth-order valence-corrected chi connectivity index (χ4v) is 1.39. The van der Waals surface area contributed by atoms with Gasteiger partial charge < -0.3 is 4.90 Å². The first-order chi connectivity index (χ1) is 6.52. The standard InChI is InChI=1S/C11H14FNO/c1-8(14)7-9-10(12)5-4-6-11(9)13(2)3/h4-6H,7H2,1-3H3. The SMILES string of the molecule is CC(=O)Cc1c(F)cccc1N(C)C. The van der Waals surface area contributed by atoms with E-state index >= 15 is 0 Å². The predicted molar refractivity (Wildman–Crippen MR) is 55.1 cm³/mol. The Morgan fingerprint density at radius 1 is 1.43 bits per heavy atom. The maximum Gasteiger partial charge on any atom is 0.134 e. The number of rotatable bonds is 3. The van der Waals surface area contributed by atoms with Crippen LogP contribution in [-0.4, -0.2) is 19.9 Å². The second-order valence-electron chi connectivity index (χ2n) is 3.51. The Balaban J connectivity index is 3.15. The summed E-state index contributed by atoms with van der Waals surface area (Å²) in [5, 5.41) is 0. The topological polar surface area (TPSA) is 20.3 Å². The number of hydrogen-bond donors (Lipinski definition) is 0. The number of nitrogens with zero attached hydrogens (tertiary/aromatic N) is 1. The van der Waals surface area contributed by atoms with E-state index in [1.807, 2.05) is 14.1 Å². The van der Waals surface area contributed by atoms with Crippen LogP contribution in [0.3, 0.4) is 0 Å². The Bertz CT molecular complexity index is 347. The van der Waals surface area contributed by atoms with Gasteiger partial charge in [-0.3, -0.25) is 4.79 Å². The highest BCUT2D eigenvalue weighted by Gasteiger charge is 2.11. The molecule has 0 N–H and O–H groups in total. The summed E-state index contributed by atoms with van der Waals surface area (Å²) in [4.78, 5) is 12.8. The Hall–Kier alpha value is -1.38. The van der Waals surface area contributed by atoms with Crippen molar-refractivity contribution < 1.29 is 9.18 Å². The number of carbonyl (C=O) groups is 1. The van der Waals surface area contributed by atoms with Crippen LogP contribution < -0.4 is 4.90 Å². The molecule has 14 heavy (non-hydrogen) atoms. The fourth-order valence-electron chi connectivity index (χ4n) is 1.39. The van der Waals surface area contributed by atoms with Crippen molar-refractivity contribution in [1.29, 1.82) is 0 Å². The molecule has 2 nitrogen and oxygen atoms in total. The van der Waals surface area contributed by atoms with Crippen LogP contribution in [0.15, 0.2) is 18.2 Å². The van der Waals surface area contributed by atoms with Crippen molar-refractivity contribution >= 4 is 11.5 Å². The average molecular weight is 195 g/mol. The minimum Gasteiger partial charge on any atom is -0.377 e. The molecule has 0 bridgehead atoms. The molecular formula is C11H14FNO. The summed E-state index contributed by atoms with van der Waals surface area (Å²) in [6.45, 7) is 1.46. The zero-order chi connectivity index (χ0) is 10.7. The molecule has 1 aromatic rings. The first-order valence-corrected chi connectivity index (χ1v) is 4.46. The Labute approximate surface area is 83.3 Å². The lowest BCUT2D eigenvalue weighted by Crippen LogP contribution is -2.13. The van der Waals surface area contributed by atoms with Crippen molar-refractivity contribution in [2.24, 2.45) is 0 Å². The van der Waals surface area contributed by atoms with E-state index in [-0.39, 0.29) is 18.0 Å². The van der Waals surface area contributed by atoms with Gasteiger partial charge in [-0.2, -0.15) is 0 Å². The largest absolute Gasteiger partial charge is 0.377 e. The van der Waals surface area contributed by atoms with Gasteiger partial charge in [-0.15, -0.1) is 0 Å². The van der Waals surface area contributed by atoms with Crippen LogP contribution >= 0.6 is 0 Å². The lowest BCUT2D eigenvalue weighted by molar-refractivity contribution is -0.116. The second kappa shape index (κ2) is 4.22. The molecule has 0 fully saturated rings. The van der Waals surface area contributed by atoms with Gasteiger partial charge in [0.25, 0.3) is 0 Å². The number of ketones is 1. The van der Waals surface area contributed by atoms with Crippen LogP contribution in [0, 0.1) is 5.82 Å². The van der Waals surface area contributed by atoms with Crippen molar-refractivity contribution in [3.05, 3.63) is 29.6 Å². The van der Waals surface area contributed by atoms with E-state index < -0.39 is 0 Å². The molecule has 1 rings (SSSR count). The van der Waals surface area contributed by atoms with Crippen molar-refractivity contribution in [3.8, 4) is 0 Å². The summed E-state index contributed by atoms with van der Waals surface area (Å²) in [6.07, 6.45) is 0.153. The molecule has 0 saturated heterocycles. The molecule has 0 spiro atoms. The van der Waals surface area contributed by atoms with Crippen LogP contribution in [0.4, 0.5) is 10.1 Å². The Morgan fingerprint density at radius 3 is 2.57 bits per heavy atom. The van der Waals surface area contributed by atoms with Crippen molar-refractivity contribution in [3.63, 3.8) is 0 Å².